The molecule has 210 valence electrons. The molecular weight excluding hydrogens is 540 g/mol. The van der Waals surface area contributed by atoms with Gasteiger partial charge in [0, 0.05) is 30.0 Å². The molecule has 4 aromatic rings. The van der Waals surface area contributed by atoms with Gasteiger partial charge in [-0.05, 0) is 29.8 Å². The second kappa shape index (κ2) is 9.49. The van der Waals surface area contributed by atoms with Gasteiger partial charge in [-0.1, -0.05) is 32.9 Å². The van der Waals surface area contributed by atoms with Crippen LogP contribution in [-0.2, 0) is 28.9 Å². The third-order valence-corrected chi connectivity index (χ3v) is 6.47. The van der Waals surface area contributed by atoms with E-state index in [0.29, 0.717) is 23.5 Å². The summed E-state index contributed by atoms with van der Waals surface area (Å²) >= 11 is 0. The predicted molar refractivity (Wildman–Crippen MR) is 131 cm³/mol. The largest absolute Gasteiger partial charge is 0.420 e. The van der Waals surface area contributed by atoms with Crippen LogP contribution in [0.15, 0.2) is 53.2 Å². The molecule has 0 fully saturated rings. The minimum Gasteiger partial charge on any atom is -0.420 e. The van der Waals surface area contributed by atoms with Crippen molar-refractivity contribution >= 4 is 11.6 Å². The number of hydrogen-bond donors (Lipinski definition) is 0. The fourth-order valence-corrected chi connectivity index (χ4v) is 4.27. The van der Waals surface area contributed by atoms with Crippen LogP contribution in [0.4, 0.5) is 32.0 Å². The Morgan fingerprint density at radius 3 is 2.35 bits per heavy atom. The van der Waals surface area contributed by atoms with Gasteiger partial charge in [-0.3, -0.25) is 4.79 Å². The molecule has 3 heterocycles. The Kier molecular flexibility index (Phi) is 6.50. The molecule has 13 heteroatoms. The Bertz CT molecular complexity index is 1570. The summed E-state index contributed by atoms with van der Waals surface area (Å²) in [7, 11) is 0. The maximum absolute atomic E-state index is 15.1. The van der Waals surface area contributed by atoms with Crippen molar-refractivity contribution in [3.8, 4) is 17.1 Å². The van der Waals surface area contributed by atoms with Crippen LogP contribution >= 0.6 is 0 Å². The number of amides is 1. The molecule has 0 saturated heterocycles. The predicted octanol–water partition coefficient (Wildman–Crippen LogP) is 6.80. The van der Waals surface area contributed by atoms with Crippen LogP contribution in [0.1, 0.15) is 56.2 Å². The summed E-state index contributed by atoms with van der Waals surface area (Å²) < 4.78 is 90.7. The molecule has 0 unspecified atom stereocenters. The van der Waals surface area contributed by atoms with E-state index in [1.165, 1.54) is 24.3 Å². The van der Waals surface area contributed by atoms with Crippen LogP contribution in [0.5, 0.6) is 0 Å². The van der Waals surface area contributed by atoms with Gasteiger partial charge in [0.05, 0.1) is 35.2 Å². The summed E-state index contributed by atoms with van der Waals surface area (Å²) in [4.78, 5) is 14.2. The van der Waals surface area contributed by atoms with Crippen molar-refractivity contribution in [2.75, 3.05) is 4.90 Å². The summed E-state index contributed by atoms with van der Waals surface area (Å²) in [5.41, 5.74) is -1.72. The average molecular weight is 564 g/mol. The van der Waals surface area contributed by atoms with Gasteiger partial charge in [0.25, 0.3) is 11.8 Å². The topological polar surface area (TPSA) is 77.1 Å². The van der Waals surface area contributed by atoms with Crippen LogP contribution in [-0.4, -0.2) is 25.9 Å². The first-order valence-electron chi connectivity index (χ1n) is 12.2. The van der Waals surface area contributed by atoms with Gasteiger partial charge in [-0.2, -0.15) is 18.3 Å². The molecule has 1 aliphatic heterocycles. The smallest absolute Gasteiger partial charge is 0.419 e. The Morgan fingerprint density at radius 1 is 1.05 bits per heavy atom. The summed E-state index contributed by atoms with van der Waals surface area (Å²) in [6.07, 6.45) is -4.30. The van der Waals surface area contributed by atoms with Gasteiger partial charge in [-0.25, -0.2) is 17.9 Å². The van der Waals surface area contributed by atoms with Crippen molar-refractivity contribution in [1.82, 2.24) is 20.0 Å². The molecule has 0 saturated carbocycles. The van der Waals surface area contributed by atoms with Crippen molar-refractivity contribution < 1.29 is 35.6 Å². The number of anilines is 1. The van der Waals surface area contributed by atoms with Crippen molar-refractivity contribution in [2.24, 2.45) is 0 Å². The number of nitrogens with zero attached hydrogens (tertiary/aromatic N) is 5. The van der Waals surface area contributed by atoms with Gasteiger partial charge >= 0.3 is 6.18 Å². The zero-order valence-corrected chi connectivity index (χ0v) is 21.6. The van der Waals surface area contributed by atoms with E-state index in [-0.39, 0.29) is 29.6 Å². The second-order valence-corrected chi connectivity index (χ2v) is 10.5. The maximum atomic E-state index is 15.1. The third kappa shape index (κ3) is 5.19. The summed E-state index contributed by atoms with van der Waals surface area (Å²) in [6.45, 7) is 5.28. The summed E-state index contributed by atoms with van der Waals surface area (Å²) in [5.74, 6) is -5.09. The van der Waals surface area contributed by atoms with Crippen molar-refractivity contribution in [1.29, 1.82) is 0 Å². The SMILES string of the molecule is CC(C)(C)c1nnc(-c2cc3c(cc2F)C(F)(F)CCC(=O)N3Cc2ccc(-n3cc(C(F)(F)F)cn3)cc2)o1. The van der Waals surface area contributed by atoms with E-state index in [0.717, 1.165) is 21.8 Å². The highest BCUT2D eigenvalue weighted by Gasteiger charge is 2.41. The molecule has 0 radical (unpaired) electrons. The third-order valence-electron chi connectivity index (χ3n) is 6.47. The van der Waals surface area contributed by atoms with E-state index >= 15 is 13.2 Å². The number of alkyl halides is 5. The molecule has 0 aliphatic carbocycles. The molecule has 40 heavy (non-hydrogen) atoms. The lowest BCUT2D eigenvalue weighted by molar-refractivity contribution is -0.137. The lowest BCUT2D eigenvalue weighted by atomic mass is 9.97. The van der Waals surface area contributed by atoms with Gasteiger partial charge < -0.3 is 9.32 Å². The van der Waals surface area contributed by atoms with Crippen LogP contribution < -0.4 is 4.90 Å². The normalized spacial score (nSPS) is 15.7. The molecule has 1 aliphatic rings. The van der Waals surface area contributed by atoms with Gasteiger partial charge in [-0.15, -0.1) is 10.2 Å². The number of hydrogen-bond acceptors (Lipinski definition) is 5. The highest BCUT2D eigenvalue weighted by molar-refractivity contribution is 5.96. The molecule has 2 aromatic heterocycles. The molecule has 5 rings (SSSR count). The van der Waals surface area contributed by atoms with E-state index < -0.39 is 53.2 Å². The average Bonchev–Trinajstić information content (AvgIpc) is 3.55. The van der Waals surface area contributed by atoms with Crippen LogP contribution in [0.3, 0.4) is 0 Å². The second-order valence-electron chi connectivity index (χ2n) is 10.5. The highest BCUT2D eigenvalue weighted by Crippen LogP contribution is 2.45. The monoisotopic (exact) mass is 563 g/mol. The maximum Gasteiger partial charge on any atom is 0.419 e. The number of rotatable bonds is 4. The molecule has 0 bridgehead atoms. The lowest BCUT2D eigenvalue weighted by Gasteiger charge is -2.25. The fourth-order valence-electron chi connectivity index (χ4n) is 4.27. The van der Waals surface area contributed by atoms with E-state index in [2.05, 4.69) is 15.3 Å². The molecule has 0 atom stereocenters. The Morgan fingerprint density at radius 2 is 1.75 bits per heavy atom. The highest BCUT2D eigenvalue weighted by atomic mass is 19.4. The molecule has 2 aromatic carbocycles. The Hall–Kier alpha value is -4.16. The van der Waals surface area contributed by atoms with Crippen molar-refractivity contribution in [3.05, 3.63) is 77.2 Å². The van der Waals surface area contributed by atoms with Gasteiger partial charge in [0.1, 0.15) is 5.82 Å². The van der Waals surface area contributed by atoms with Crippen LogP contribution in [0.2, 0.25) is 0 Å². The quantitative estimate of drug-likeness (QED) is 0.256. The lowest BCUT2D eigenvalue weighted by Crippen LogP contribution is -2.29. The first-order valence-corrected chi connectivity index (χ1v) is 12.2. The first-order chi connectivity index (χ1) is 18.6. The molecule has 0 spiro atoms. The van der Waals surface area contributed by atoms with Gasteiger partial charge in [0.2, 0.25) is 11.8 Å². The van der Waals surface area contributed by atoms with E-state index in [1.54, 1.807) is 0 Å². The molecule has 0 N–H and O–H groups in total. The Labute approximate surface area is 224 Å². The minimum absolute atomic E-state index is 0.156. The van der Waals surface area contributed by atoms with Crippen LogP contribution in [0.25, 0.3) is 17.1 Å². The minimum atomic E-state index is -4.55. The summed E-state index contributed by atoms with van der Waals surface area (Å²) in [6, 6.07) is 7.86. The fraction of sp³-hybridized carbons (Fsp3) is 0.333. The van der Waals surface area contributed by atoms with Crippen molar-refractivity contribution in [3.63, 3.8) is 0 Å². The van der Waals surface area contributed by atoms with Crippen LogP contribution in [0, 0.1) is 5.82 Å². The van der Waals surface area contributed by atoms with Crippen molar-refractivity contribution in [2.45, 2.75) is 57.7 Å². The molecule has 7 nitrogen and oxygen atoms in total. The molecule has 1 amide bonds. The number of aromatic nitrogens is 4. The van der Waals surface area contributed by atoms with Gasteiger partial charge in [0.15, 0.2) is 0 Å². The standard InChI is InChI=1S/C27H23F6N5O2/c1-25(2,3)24-36-35-23(40-24)18-10-21-19(11-20(18)28)26(29,30)9-8-22(39)37(21)13-15-4-6-17(7-5-15)38-14-16(12-34-38)27(31,32)33/h4-7,10-12,14H,8-9,13H2,1-3H3. The Balaban J connectivity index is 1.51. The molecular formula is C27H23F6N5O2. The van der Waals surface area contributed by atoms with E-state index in [1.807, 2.05) is 20.8 Å². The number of carbonyl (C=O) groups is 1. The zero-order valence-electron chi connectivity index (χ0n) is 21.6. The van der Waals surface area contributed by atoms with E-state index in [9.17, 15) is 18.0 Å². The van der Waals surface area contributed by atoms with E-state index in [4.69, 9.17) is 4.42 Å². The number of carbonyl (C=O) groups excluding carboxylic acids is 1. The summed E-state index contributed by atoms with van der Waals surface area (Å²) in [5, 5.41) is 11.5. The number of fused-ring (bicyclic) bond motifs is 1. The number of halogens is 6. The zero-order chi connectivity index (χ0) is 29.0. The first kappa shape index (κ1) is 27.4. The number of benzene rings is 2.